The fraction of sp³-hybridized carbons (Fsp3) is 0.857. The Bertz CT molecular complexity index is 130. The number of esters is 1. The summed E-state index contributed by atoms with van der Waals surface area (Å²) in [5, 5.41) is 6.09. The van der Waals surface area contributed by atoms with Crippen molar-refractivity contribution in [3.05, 3.63) is 0 Å². The molecule has 0 amide bonds. The van der Waals surface area contributed by atoms with Gasteiger partial charge in [-0.15, -0.1) is 0 Å². The van der Waals surface area contributed by atoms with Gasteiger partial charge >= 0.3 is 5.97 Å². The molecule has 4 heteroatoms. The van der Waals surface area contributed by atoms with Gasteiger partial charge in [0.1, 0.15) is 0 Å². The van der Waals surface area contributed by atoms with Crippen LogP contribution in [0.3, 0.4) is 0 Å². The molecule has 64 valence electrons. The molecular weight excluding hydrogens is 144 g/mol. The third kappa shape index (κ3) is 2.48. The van der Waals surface area contributed by atoms with E-state index in [0.29, 0.717) is 0 Å². The smallest absolute Gasteiger partial charge is 0.337 e. The second kappa shape index (κ2) is 4.31. The van der Waals surface area contributed by atoms with E-state index in [1.54, 1.807) is 0 Å². The van der Waals surface area contributed by atoms with Gasteiger partial charge in [0.05, 0.1) is 7.11 Å². The van der Waals surface area contributed by atoms with Crippen LogP contribution in [-0.4, -0.2) is 32.3 Å². The normalized spacial score (nSPS) is 20.8. The summed E-state index contributed by atoms with van der Waals surface area (Å²) < 4.78 is 4.58. The molecule has 0 spiro atoms. The highest BCUT2D eigenvalue weighted by Gasteiger charge is 2.18. The van der Waals surface area contributed by atoms with Gasteiger partial charge in [0.15, 0.2) is 6.17 Å². The first-order chi connectivity index (χ1) is 5.34. The third-order valence-corrected chi connectivity index (χ3v) is 1.74. The molecule has 0 bridgehead atoms. The number of nitrogens with one attached hydrogen (secondary N) is 2. The van der Waals surface area contributed by atoms with Gasteiger partial charge in [-0.2, -0.15) is 0 Å². The number of hydrogen-bond acceptors (Lipinski definition) is 4. The van der Waals surface area contributed by atoms with Crippen molar-refractivity contribution < 1.29 is 9.53 Å². The highest BCUT2D eigenvalue weighted by Crippen LogP contribution is 1.93. The Labute approximate surface area is 66.3 Å². The van der Waals surface area contributed by atoms with Crippen LogP contribution in [0.25, 0.3) is 0 Å². The monoisotopic (exact) mass is 158 g/mol. The fourth-order valence-electron chi connectivity index (χ4n) is 1.10. The zero-order valence-electron chi connectivity index (χ0n) is 6.72. The van der Waals surface area contributed by atoms with Crippen molar-refractivity contribution in [1.82, 2.24) is 10.6 Å². The number of carbonyl (C=O) groups excluding carboxylic acids is 1. The zero-order chi connectivity index (χ0) is 8.10. The minimum atomic E-state index is -0.303. The van der Waals surface area contributed by atoms with E-state index < -0.39 is 0 Å². The minimum Gasteiger partial charge on any atom is -0.467 e. The number of carbonyl (C=O) groups is 1. The van der Waals surface area contributed by atoms with E-state index in [2.05, 4.69) is 15.4 Å². The Morgan fingerprint density at radius 3 is 2.36 bits per heavy atom. The summed E-state index contributed by atoms with van der Waals surface area (Å²) in [4.78, 5) is 11.0. The van der Waals surface area contributed by atoms with E-state index in [4.69, 9.17) is 0 Å². The molecule has 1 aliphatic rings. The van der Waals surface area contributed by atoms with Crippen LogP contribution < -0.4 is 10.6 Å². The van der Waals surface area contributed by atoms with Gasteiger partial charge < -0.3 is 4.74 Å². The topological polar surface area (TPSA) is 50.4 Å². The van der Waals surface area contributed by atoms with Gasteiger partial charge in [-0.05, 0) is 25.9 Å². The van der Waals surface area contributed by atoms with E-state index in [0.717, 1.165) is 25.9 Å². The Balaban J connectivity index is 2.36. The lowest BCUT2D eigenvalue weighted by molar-refractivity contribution is -0.143. The maximum absolute atomic E-state index is 11.0. The summed E-state index contributed by atoms with van der Waals surface area (Å²) in [6, 6.07) is 0. The molecule has 4 nitrogen and oxygen atoms in total. The van der Waals surface area contributed by atoms with Crippen molar-refractivity contribution in [2.24, 2.45) is 0 Å². The molecule has 0 atom stereocenters. The van der Waals surface area contributed by atoms with Crippen LogP contribution in [0.2, 0.25) is 0 Å². The second-order valence-electron chi connectivity index (χ2n) is 2.57. The lowest BCUT2D eigenvalue weighted by atomic mass is 10.3. The maximum Gasteiger partial charge on any atom is 0.337 e. The summed E-state index contributed by atoms with van der Waals surface area (Å²) >= 11 is 0. The molecular formula is C7H14N2O2. The molecule has 0 aromatic heterocycles. The molecule has 1 rings (SSSR count). The summed E-state index contributed by atoms with van der Waals surface area (Å²) in [5.74, 6) is -0.230. The van der Waals surface area contributed by atoms with E-state index in [-0.39, 0.29) is 12.1 Å². The molecule has 2 N–H and O–H groups in total. The van der Waals surface area contributed by atoms with Crippen molar-refractivity contribution in [2.75, 3.05) is 20.2 Å². The number of hydrogen-bond donors (Lipinski definition) is 2. The third-order valence-electron chi connectivity index (χ3n) is 1.74. The van der Waals surface area contributed by atoms with Gasteiger partial charge in [-0.25, -0.2) is 4.79 Å². The highest BCUT2D eigenvalue weighted by atomic mass is 16.5. The summed E-state index contributed by atoms with van der Waals surface area (Å²) in [7, 11) is 1.40. The predicted octanol–water partition coefficient (Wildman–Crippen LogP) is -0.542. The molecule has 0 unspecified atom stereocenters. The molecule has 1 aliphatic heterocycles. The standard InChI is InChI=1S/C7H14N2O2/c1-11-7(10)6-8-4-2-3-5-9-6/h6,8-9H,2-5H2,1H3. The SMILES string of the molecule is COC(=O)C1NCCCCN1. The number of methoxy groups -OCH3 is 1. The molecule has 0 radical (unpaired) electrons. The van der Waals surface area contributed by atoms with E-state index in [1.165, 1.54) is 7.11 Å². The van der Waals surface area contributed by atoms with Crippen molar-refractivity contribution in [1.29, 1.82) is 0 Å². The van der Waals surface area contributed by atoms with Crippen LogP contribution in [-0.2, 0) is 9.53 Å². The van der Waals surface area contributed by atoms with Gasteiger partial charge in [-0.1, -0.05) is 0 Å². The first kappa shape index (κ1) is 8.49. The summed E-state index contributed by atoms with van der Waals surface area (Å²) in [5.41, 5.74) is 0. The second-order valence-corrected chi connectivity index (χ2v) is 2.57. The highest BCUT2D eigenvalue weighted by molar-refractivity contribution is 5.75. The molecule has 1 fully saturated rings. The van der Waals surface area contributed by atoms with Crippen LogP contribution in [0, 0.1) is 0 Å². The molecule has 1 heterocycles. The Morgan fingerprint density at radius 1 is 1.36 bits per heavy atom. The van der Waals surface area contributed by atoms with E-state index >= 15 is 0 Å². The predicted molar refractivity (Wildman–Crippen MR) is 41.0 cm³/mol. The Morgan fingerprint density at radius 2 is 1.91 bits per heavy atom. The van der Waals surface area contributed by atoms with E-state index in [9.17, 15) is 4.79 Å². The summed E-state index contributed by atoms with van der Waals surface area (Å²) in [6.45, 7) is 1.76. The number of rotatable bonds is 1. The van der Waals surface area contributed by atoms with Gasteiger partial charge in [0.25, 0.3) is 0 Å². The average Bonchev–Trinajstić information content (AvgIpc) is 2.30. The van der Waals surface area contributed by atoms with Crippen LogP contribution in [0.4, 0.5) is 0 Å². The van der Waals surface area contributed by atoms with E-state index in [1.807, 2.05) is 0 Å². The number of ether oxygens (including phenoxy) is 1. The maximum atomic E-state index is 11.0. The van der Waals surface area contributed by atoms with Crippen molar-refractivity contribution in [3.63, 3.8) is 0 Å². The molecule has 1 saturated heterocycles. The lowest BCUT2D eigenvalue weighted by Gasteiger charge is -2.13. The van der Waals surface area contributed by atoms with Gasteiger partial charge in [0.2, 0.25) is 0 Å². The van der Waals surface area contributed by atoms with Crippen LogP contribution in [0.15, 0.2) is 0 Å². The fourth-order valence-corrected chi connectivity index (χ4v) is 1.10. The molecule has 0 saturated carbocycles. The van der Waals surface area contributed by atoms with Gasteiger partial charge in [-0.3, -0.25) is 10.6 Å². The van der Waals surface area contributed by atoms with Crippen molar-refractivity contribution in [2.45, 2.75) is 19.0 Å². The Hall–Kier alpha value is -0.610. The minimum absolute atomic E-state index is 0.230. The average molecular weight is 158 g/mol. The first-order valence-corrected chi connectivity index (χ1v) is 3.89. The zero-order valence-corrected chi connectivity index (χ0v) is 6.72. The van der Waals surface area contributed by atoms with Crippen molar-refractivity contribution in [3.8, 4) is 0 Å². The molecule has 0 aliphatic carbocycles. The summed E-state index contributed by atoms with van der Waals surface area (Å²) in [6.07, 6.45) is 1.92. The Kier molecular flexibility index (Phi) is 3.32. The van der Waals surface area contributed by atoms with Crippen LogP contribution in [0.5, 0.6) is 0 Å². The first-order valence-electron chi connectivity index (χ1n) is 3.89. The van der Waals surface area contributed by atoms with Crippen LogP contribution in [0.1, 0.15) is 12.8 Å². The van der Waals surface area contributed by atoms with Gasteiger partial charge in [0, 0.05) is 0 Å². The molecule has 11 heavy (non-hydrogen) atoms. The van der Waals surface area contributed by atoms with Crippen LogP contribution >= 0.6 is 0 Å². The largest absolute Gasteiger partial charge is 0.467 e. The quantitative estimate of drug-likeness (QED) is 0.503. The molecule has 0 aromatic carbocycles. The lowest BCUT2D eigenvalue weighted by Crippen LogP contribution is -2.47. The van der Waals surface area contributed by atoms with Crippen molar-refractivity contribution >= 4 is 5.97 Å². The molecule has 0 aromatic rings.